The van der Waals surface area contributed by atoms with Gasteiger partial charge in [0, 0.05) is 12.5 Å². The summed E-state index contributed by atoms with van der Waals surface area (Å²) in [6.07, 6.45) is 4.96. The lowest BCUT2D eigenvalue weighted by molar-refractivity contribution is -0.123. The average Bonchev–Trinajstić information content (AvgIpc) is 2.38. The third-order valence-corrected chi connectivity index (χ3v) is 4.14. The van der Waals surface area contributed by atoms with Crippen LogP contribution in [-0.4, -0.2) is 12.5 Å². The van der Waals surface area contributed by atoms with E-state index in [1.54, 1.807) is 0 Å². The zero-order chi connectivity index (χ0) is 10.1. The van der Waals surface area contributed by atoms with Gasteiger partial charge in [-0.2, -0.15) is 0 Å². The molecule has 0 aromatic heterocycles. The second-order valence-electron chi connectivity index (χ2n) is 5.27. The number of amides is 1. The third-order valence-electron chi connectivity index (χ3n) is 4.14. The SMILES string of the molecule is CC(C)C1CCC2CNC(=O)C2CC1. The van der Waals surface area contributed by atoms with E-state index in [-0.39, 0.29) is 0 Å². The van der Waals surface area contributed by atoms with Crippen LogP contribution in [0, 0.1) is 23.7 Å². The molecule has 0 bridgehead atoms. The molecule has 0 aromatic carbocycles. The molecule has 2 nitrogen and oxygen atoms in total. The molecule has 1 aliphatic heterocycles. The summed E-state index contributed by atoms with van der Waals surface area (Å²) in [5.74, 6) is 2.95. The van der Waals surface area contributed by atoms with Gasteiger partial charge >= 0.3 is 0 Å². The summed E-state index contributed by atoms with van der Waals surface area (Å²) in [5.41, 5.74) is 0. The van der Waals surface area contributed by atoms with Crippen LogP contribution in [-0.2, 0) is 4.79 Å². The van der Waals surface area contributed by atoms with Crippen LogP contribution >= 0.6 is 0 Å². The highest BCUT2D eigenvalue weighted by Gasteiger charge is 2.37. The van der Waals surface area contributed by atoms with Gasteiger partial charge in [0.05, 0.1) is 0 Å². The van der Waals surface area contributed by atoms with Crippen LogP contribution in [0.2, 0.25) is 0 Å². The van der Waals surface area contributed by atoms with Gasteiger partial charge in [0.1, 0.15) is 0 Å². The number of hydrogen-bond acceptors (Lipinski definition) is 1. The fourth-order valence-corrected chi connectivity index (χ4v) is 3.02. The highest BCUT2D eigenvalue weighted by Crippen LogP contribution is 2.37. The minimum atomic E-state index is 0.319. The number of nitrogens with one attached hydrogen (secondary N) is 1. The molecule has 0 radical (unpaired) electrons. The Morgan fingerprint density at radius 2 is 1.93 bits per heavy atom. The van der Waals surface area contributed by atoms with Crippen LogP contribution in [0.25, 0.3) is 0 Å². The maximum absolute atomic E-state index is 11.5. The lowest BCUT2D eigenvalue weighted by atomic mass is 9.88. The van der Waals surface area contributed by atoms with Gasteiger partial charge in [-0.15, -0.1) is 0 Å². The molecule has 1 heterocycles. The summed E-state index contributed by atoms with van der Waals surface area (Å²) in [7, 11) is 0. The minimum Gasteiger partial charge on any atom is -0.356 e. The quantitative estimate of drug-likeness (QED) is 0.683. The van der Waals surface area contributed by atoms with Crippen molar-refractivity contribution >= 4 is 5.91 Å². The molecule has 0 aromatic rings. The maximum atomic E-state index is 11.5. The summed E-state index contributed by atoms with van der Waals surface area (Å²) in [6, 6.07) is 0. The van der Waals surface area contributed by atoms with Crippen molar-refractivity contribution in [1.82, 2.24) is 5.32 Å². The average molecular weight is 195 g/mol. The van der Waals surface area contributed by atoms with E-state index in [0.29, 0.717) is 17.7 Å². The first-order valence-corrected chi connectivity index (χ1v) is 5.96. The van der Waals surface area contributed by atoms with Gasteiger partial charge in [-0.05, 0) is 43.4 Å². The predicted octanol–water partition coefficient (Wildman–Crippen LogP) is 2.19. The molecule has 2 aliphatic rings. The van der Waals surface area contributed by atoms with E-state index in [9.17, 15) is 4.79 Å². The molecular formula is C12H21NO. The van der Waals surface area contributed by atoms with E-state index in [1.165, 1.54) is 19.3 Å². The van der Waals surface area contributed by atoms with Crippen LogP contribution in [0.1, 0.15) is 39.5 Å². The largest absolute Gasteiger partial charge is 0.356 e. The Labute approximate surface area is 86.5 Å². The van der Waals surface area contributed by atoms with Crippen molar-refractivity contribution in [2.45, 2.75) is 39.5 Å². The van der Waals surface area contributed by atoms with Crippen LogP contribution in [0.3, 0.4) is 0 Å². The fourth-order valence-electron chi connectivity index (χ4n) is 3.02. The van der Waals surface area contributed by atoms with Gasteiger partial charge in [-0.3, -0.25) is 4.79 Å². The molecule has 1 amide bonds. The Hall–Kier alpha value is -0.530. The van der Waals surface area contributed by atoms with Crippen molar-refractivity contribution in [3.05, 3.63) is 0 Å². The summed E-state index contributed by atoms with van der Waals surface area (Å²) in [6.45, 7) is 5.56. The zero-order valence-electron chi connectivity index (χ0n) is 9.25. The van der Waals surface area contributed by atoms with Crippen LogP contribution in [0.4, 0.5) is 0 Å². The molecule has 1 saturated heterocycles. The first kappa shape index (κ1) is 10.0. The fraction of sp³-hybridized carbons (Fsp3) is 0.917. The molecule has 2 rings (SSSR count). The van der Waals surface area contributed by atoms with Crippen LogP contribution < -0.4 is 5.32 Å². The third kappa shape index (κ3) is 1.79. The number of rotatable bonds is 1. The Morgan fingerprint density at radius 1 is 1.21 bits per heavy atom. The molecule has 2 heteroatoms. The van der Waals surface area contributed by atoms with Gasteiger partial charge < -0.3 is 5.32 Å². The maximum Gasteiger partial charge on any atom is 0.223 e. The molecule has 80 valence electrons. The highest BCUT2D eigenvalue weighted by molar-refractivity contribution is 5.81. The molecule has 1 aliphatic carbocycles. The van der Waals surface area contributed by atoms with E-state index in [0.717, 1.165) is 24.8 Å². The molecule has 1 N–H and O–H groups in total. The standard InChI is InChI=1S/C12H21NO/c1-8(2)9-3-4-10-7-13-12(14)11(10)6-5-9/h8-11H,3-7H2,1-2H3,(H,13,14). The van der Waals surface area contributed by atoms with Gasteiger partial charge in [0.2, 0.25) is 5.91 Å². The number of hydrogen-bond donors (Lipinski definition) is 1. The lowest BCUT2D eigenvalue weighted by Gasteiger charge is -2.18. The molecule has 0 spiro atoms. The smallest absolute Gasteiger partial charge is 0.223 e. The van der Waals surface area contributed by atoms with Crippen molar-refractivity contribution in [2.75, 3.05) is 6.54 Å². The summed E-state index contributed by atoms with van der Waals surface area (Å²) in [5, 5.41) is 2.99. The summed E-state index contributed by atoms with van der Waals surface area (Å²) in [4.78, 5) is 11.5. The Morgan fingerprint density at radius 3 is 2.64 bits per heavy atom. The molecule has 2 fully saturated rings. The predicted molar refractivity (Wildman–Crippen MR) is 56.8 cm³/mol. The van der Waals surface area contributed by atoms with Gasteiger partial charge in [0.25, 0.3) is 0 Å². The first-order chi connectivity index (χ1) is 6.68. The highest BCUT2D eigenvalue weighted by atomic mass is 16.2. The monoisotopic (exact) mass is 195 g/mol. The van der Waals surface area contributed by atoms with E-state index in [4.69, 9.17) is 0 Å². The molecule has 3 atom stereocenters. The number of fused-ring (bicyclic) bond motifs is 1. The van der Waals surface area contributed by atoms with E-state index >= 15 is 0 Å². The molecule has 3 unspecified atom stereocenters. The Bertz CT molecular complexity index is 224. The van der Waals surface area contributed by atoms with Crippen LogP contribution in [0.5, 0.6) is 0 Å². The van der Waals surface area contributed by atoms with Gasteiger partial charge in [-0.25, -0.2) is 0 Å². The number of carbonyl (C=O) groups excluding carboxylic acids is 1. The second-order valence-corrected chi connectivity index (χ2v) is 5.27. The Kier molecular flexibility index (Phi) is 2.80. The summed E-state index contributed by atoms with van der Waals surface area (Å²) < 4.78 is 0. The normalized spacial score (nSPS) is 37.9. The molecular weight excluding hydrogens is 174 g/mol. The van der Waals surface area contributed by atoms with E-state index < -0.39 is 0 Å². The molecule has 1 saturated carbocycles. The van der Waals surface area contributed by atoms with Crippen LogP contribution in [0.15, 0.2) is 0 Å². The summed E-state index contributed by atoms with van der Waals surface area (Å²) >= 11 is 0. The zero-order valence-corrected chi connectivity index (χ0v) is 9.25. The second kappa shape index (κ2) is 3.92. The Balaban J connectivity index is 1.99. The van der Waals surface area contributed by atoms with Crippen molar-refractivity contribution in [3.8, 4) is 0 Å². The van der Waals surface area contributed by atoms with Crippen molar-refractivity contribution in [1.29, 1.82) is 0 Å². The van der Waals surface area contributed by atoms with Crippen molar-refractivity contribution in [3.63, 3.8) is 0 Å². The molecule has 14 heavy (non-hydrogen) atoms. The lowest BCUT2D eigenvalue weighted by Crippen LogP contribution is -2.19. The first-order valence-electron chi connectivity index (χ1n) is 5.96. The van der Waals surface area contributed by atoms with Crippen molar-refractivity contribution in [2.24, 2.45) is 23.7 Å². The van der Waals surface area contributed by atoms with E-state index in [1.807, 2.05) is 0 Å². The van der Waals surface area contributed by atoms with Gasteiger partial charge in [0.15, 0.2) is 0 Å². The van der Waals surface area contributed by atoms with Crippen molar-refractivity contribution < 1.29 is 4.79 Å². The number of carbonyl (C=O) groups is 1. The van der Waals surface area contributed by atoms with Gasteiger partial charge in [-0.1, -0.05) is 13.8 Å². The minimum absolute atomic E-state index is 0.319. The topological polar surface area (TPSA) is 29.1 Å². The van der Waals surface area contributed by atoms with E-state index in [2.05, 4.69) is 19.2 Å².